The number of Topliss-reactive ketones (excluding diaryl/α,β-unsaturated/α-hetero) is 1. The molecule has 1 heterocycles. The maximum atomic E-state index is 12.9. The molecule has 6 heteroatoms. The molecule has 0 aromatic heterocycles. The number of ketones is 1. The van der Waals surface area contributed by atoms with E-state index in [0.717, 1.165) is 0 Å². The van der Waals surface area contributed by atoms with Gasteiger partial charge in [0.1, 0.15) is 40.9 Å². The Morgan fingerprint density at radius 2 is 1.74 bits per heavy atom. The molecular weight excluding hydrogens is 300 g/mol. The molecule has 1 unspecified atom stereocenters. The van der Waals surface area contributed by atoms with Gasteiger partial charge in [-0.3, -0.25) is 4.79 Å². The van der Waals surface area contributed by atoms with Gasteiger partial charge in [-0.1, -0.05) is 6.07 Å². The standard InChI is InChI=1S/C17H16O6/c1-21-13-5-9(18)3-4-11(13)12-8-23-15-7-10(19)6-14(22-2)16(15)17(12)20/h3-7,12,18-19H,8H2,1-2H3. The summed E-state index contributed by atoms with van der Waals surface area (Å²) >= 11 is 0. The number of phenols is 2. The van der Waals surface area contributed by atoms with Gasteiger partial charge in [-0.05, 0) is 6.07 Å². The van der Waals surface area contributed by atoms with Crippen LogP contribution in [-0.2, 0) is 0 Å². The number of carbonyl (C=O) groups is 1. The first-order valence-corrected chi connectivity index (χ1v) is 7.00. The topological polar surface area (TPSA) is 85.2 Å². The third kappa shape index (κ3) is 2.52. The second-order valence-corrected chi connectivity index (χ2v) is 5.18. The van der Waals surface area contributed by atoms with Crippen molar-refractivity contribution < 1.29 is 29.2 Å². The van der Waals surface area contributed by atoms with Crippen molar-refractivity contribution in [1.82, 2.24) is 0 Å². The Balaban J connectivity index is 2.08. The van der Waals surface area contributed by atoms with E-state index in [2.05, 4.69) is 0 Å². The Hall–Kier alpha value is -2.89. The van der Waals surface area contributed by atoms with Crippen LogP contribution in [-0.4, -0.2) is 36.8 Å². The van der Waals surface area contributed by atoms with Crippen LogP contribution in [0.5, 0.6) is 28.7 Å². The van der Waals surface area contributed by atoms with Gasteiger partial charge in [-0.15, -0.1) is 0 Å². The Morgan fingerprint density at radius 3 is 2.43 bits per heavy atom. The van der Waals surface area contributed by atoms with Crippen LogP contribution >= 0.6 is 0 Å². The van der Waals surface area contributed by atoms with E-state index in [1.165, 1.54) is 38.5 Å². The lowest BCUT2D eigenvalue weighted by molar-refractivity contribution is 0.0889. The molecule has 1 aliphatic heterocycles. The minimum absolute atomic E-state index is 0.0333. The molecule has 2 aromatic carbocycles. The second-order valence-electron chi connectivity index (χ2n) is 5.18. The molecule has 2 N–H and O–H groups in total. The van der Waals surface area contributed by atoms with Crippen LogP contribution in [0.2, 0.25) is 0 Å². The van der Waals surface area contributed by atoms with Crippen molar-refractivity contribution >= 4 is 5.78 Å². The highest BCUT2D eigenvalue weighted by molar-refractivity contribution is 6.07. The highest BCUT2D eigenvalue weighted by Gasteiger charge is 2.35. The van der Waals surface area contributed by atoms with Crippen LogP contribution in [0.25, 0.3) is 0 Å². The number of benzene rings is 2. The smallest absolute Gasteiger partial charge is 0.181 e. The third-order valence-electron chi connectivity index (χ3n) is 3.83. The van der Waals surface area contributed by atoms with Gasteiger partial charge in [0.25, 0.3) is 0 Å². The number of carbonyl (C=O) groups excluding carboxylic acids is 1. The first-order valence-electron chi connectivity index (χ1n) is 7.00. The van der Waals surface area contributed by atoms with Crippen LogP contribution in [0.1, 0.15) is 21.8 Å². The van der Waals surface area contributed by atoms with E-state index >= 15 is 0 Å². The Kier molecular flexibility index (Phi) is 3.73. The summed E-state index contributed by atoms with van der Waals surface area (Å²) in [6.07, 6.45) is 0. The molecule has 6 nitrogen and oxygen atoms in total. The minimum atomic E-state index is -0.587. The maximum Gasteiger partial charge on any atom is 0.181 e. The van der Waals surface area contributed by atoms with Gasteiger partial charge >= 0.3 is 0 Å². The molecule has 0 spiro atoms. The number of methoxy groups -OCH3 is 2. The molecule has 0 fully saturated rings. The Labute approximate surface area is 132 Å². The van der Waals surface area contributed by atoms with Gasteiger partial charge in [-0.2, -0.15) is 0 Å². The lowest BCUT2D eigenvalue weighted by Crippen LogP contribution is -2.27. The lowest BCUT2D eigenvalue weighted by atomic mass is 9.88. The predicted octanol–water partition coefficient (Wildman–Crippen LogP) is 2.47. The first-order chi connectivity index (χ1) is 11.0. The fraction of sp³-hybridized carbons (Fsp3) is 0.235. The number of rotatable bonds is 3. The second kappa shape index (κ2) is 5.72. The van der Waals surface area contributed by atoms with Gasteiger partial charge in [0.15, 0.2) is 5.78 Å². The van der Waals surface area contributed by atoms with Gasteiger partial charge in [-0.25, -0.2) is 0 Å². The molecule has 0 radical (unpaired) electrons. The fourth-order valence-electron chi connectivity index (χ4n) is 2.74. The zero-order valence-electron chi connectivity index (χ0n) is 12.7. The molecule has 0 amide bonds. The van der Waals surface area contributed by atoms with Crippen molar-refractivity contribution in [2.75, 3.05) is 20.8 Å². The van der Waals surface area contributed by atoms with Crippen LogP contribution in [0.15, 0.2) is 30.3 Å². The van der Waals surface area contributed by atoms with Crippen molar-refractivity contribution in [2.24, 2.45) is 0 Å². The Morgan fingerprint density at radius 1 is 1.04 bits per heavy atom. The molecule has 23 heavy (non-hydrogen) atoms. The highest BCUT2D eigenvalue weighted by atomic mass is 16.5. The lowest BCUT2D eigenvalue weighted by Gasteiger charge is -2.26. The summed E-state index contributed by atoms with van der Waals surface area (Å²) in [5, 5.41) is 19.2. The summed E-state index contributed by atoms with van der Waals surface area (Å²) in [4.78, 5) is 12.9. The normalized spacial score (nSPS) is 16.4. The Bertz CT molecular complexity index is 751. The van der Waals surface area contributed by atoms with Gasteiger partial charge in [0, 0.05) is 23.8 Å². The summed E-state index contributed by atoms with van der Waals surface area (Å²) < 4.78 is 16.1. The van der Waals surface area contributed by atoms with E-state index in [1.54, 1.807) is 6.07 Å². The van der Waals surface area contributed by atoms with Gasteiger partial charge < -0.3 is 24.4 Å². The van der Waals surface area contributed by atoms with Crippen LogP contribution < -0.4 is 14.2 Å². The molecule has 0 bridgehead atoms. The molecule has 3 rings (SSSR count). The van der Waals surface area contributed by atoms with Crippen molar-refractivity contribution in [3.8, 4) is 28.7 Å². The van der Waals surface area contributed by atoms with Crippen molar-refractivity contribution in [1.29, 1.82) is 0 Å². The molecule has 2 aromatic rings. The summed E-state index contributed by atoms with van der Waals surface area (Å²) in [6, 6.07) is 7.34. The van der Waals surface area contributed by atoms with Gasteiger partial charge in [0.05, 0.1) is 20.1 Å². The SMILES string of the molecule is COc1cc(O)ccc1C1COc2cc(O)cc(OC)c2C1=O. The number of hydrogen-bond acceptors (Lipinski definition) is 6. The van der Waals surface area contributed by atoms with E-state index < -0.39 is 5.92 Å². The summed E-state index contributed by atoms with van der Waals surface area (Å²) in [7, 11) is 2.89. The van der Waals surface area contributed by atoms with Crippen LogP contribution in [0, 0.1) is 0 Å². The number of fused-ring (bicyclic) bond motifs is 1. The number of aromatic hydroxyl groups is 2. The van der Waals surface area contributed by atoms with Crippen LogP contribution in [0.4, 0.5) is 0 Å². The average Bonchev–Trinajstić information content (AvgIpc) is 2.54. The van der Waals surface area contributed by atoms with Crippen molar-refractivity contribution in [3.63, 3.8) is 0 Å². The zero-order valence-corrected chi connectivity index (χ0v) is 12.7. The predicted molar refractivity (Wildman–Crippen MR) is 81.9 cm³/mol. The van der Waals surface area contributed by atoms with Crippen molar-refractivity contribution in [2.45, 2.75) is 5.92 Å². The largest absolute Gasteiger partial charge is 0.508 e. The molecular formula is C17H16O6. The highest BCUT2D eigenvalue weighted by Crippen LogP contribution is 2.42. The number of phenolic OH excluding ortho intramolecular Hbond substituents is 2. The van der Waals surface area contributed by atoms with Crippen LogP contribution in [0.3, 0.4) is 0 Å². The zero-order chi connectivity index (χ0) is 16.6. The summed E-state index contributed by atoms with van der Waals surface area (Å²) in [6.45, 7) is 0.111. The molecule has 1 aliphatic rings. The number of hydrogen-bond donors (Lipinski definition) is 2. The molecule has 0 aliphatic carbocycles. The monoisotopic (exact) mass is 316 g/mol. The number of ether oxygens (including phenoxy) is 3. The quantitative estimate of drug-likeness (QED) is 0.905. The first kappa shape index (κ1) is 15.0. The van der Waals surface area contributed by atoms with Crippen molar-refractivity contribution in [3.05, 3.63) is 41.5 Å². The molecule has 0 saturated carbocycles. The molecule has 1 atom stereocenters. The van der Waals surface area contributed by atoms with Gasteiger partial charge in [0.2, 0.25) is 0 Å². The van der Waals surface area contributed by atoms with E-state index in [0.29, 0.717) is 17.1 Å². The third-order valence-corrected chi connectivity index (χ3v) is 3.83. The van der Waals surface area contributed by atoms with E-state index in [4.69, 9.17) is 14.2 Å². The minimum Gasteiger partial charge on any atom is -0.508 e. The fourth-order valence-corrected chi connectivity index (χ4v) is 2.74. The molecule has 0 saturated heterocycles. The maximum absolute atomic E-state index is 12.9. The summed E-state index contributed by atoms with van der Waals surface area (Å²) in [5.41, 5.74) is 0.910. The van der Waals surface area contributed by atoms with E-state index in [1.807, 2.05) is 0 Å². The van der Waals surface area contributed by atoms with E-state index in [-0.39, 0.29) is 35.2 Å². The summed E-state index contributed by atoms with van der Waals surface area (Å²) in [5.74, 6) is 0.205. The molecule has 120 valence electrons. The average molecular weight is 316 g/mol. The van der Waals surface area contributed by atoms with E-state index in [9.17, 15) is 15.0 Å².